The molecule has 0 aliphatic carbocycles. The first-order valence-electron chi connectivity index (χ1n) is 5.33. The van der Waals surface area contributed by atoms with Crippen LogP contribution < -0.4 is 11.1 Å². The Hall–Kier alpha value is -1.40. The molecule has 16 heavy (non-hydrogen) atoms. The molecule has 0 radical (unpaired) electrons. The van der Waals surface area contributed by atoms with E-state index in [4.69, 9.17) is 10.5 Å². The van der Waals surface area contributed by atoms with Crippen molar-refractivity contribution in [1.29, 1.82) is 0 Å². The molecule has 88 valence electrons. The summed E-state index contributed by atoms with van der Waals surface area (Å²) in [6.07, 6.45) is 4.56. The highest BCUT2D eigenvalue weighted by molar-refractivity contribution is 5.86. The lowest BCUT2D eigenvalue weighted by atomic mass is 9.90. The lowest BCUT2D eigenvalue weighted by molar-refractivity contribution is -0.129. The SMILES string of the molecule is NC1(C(=O)NCc2cn[nH]c2)CCOCC1. The van der Waals surface area contributed by atoms with Crippen LogP contribution in [-0.4, -0.2) is 34.9 Å². The van der Waals surface area contributed by atoms with E-state index in [1.807, 2.05) is 0 Å². The predicted octanol–water partition coefficient (Wildman–Crippen LogP) is -0.466. The number of amides is 1. The number of nitrogens with two attached hydrogens (primary N) is 1. The molecule has 0 saturated carbocycles. The van der Waals surface area contributed by atoms with Crippen LogP contribution in [0.25, 0.3) is 0 Å². The van der Waals surface area contributed by atoms with E-state index in [0.717, 1.165) is 5.56 Å². The third kappa shape index (κ3) is 2.40. The monoisotopic (exact) mass is 224 g/mol. The number of hydrogen-bond acceptors (Lipinski definition) is 4. The molecule has 0 aromatic carbocycles. The molecule has 1 fully saturated rings. The molecule has 6 heteroatoms. The van der Waals surface area contributed by atoms with Crippen molar-refractivity contribution in [3.05, 3.63) is 18.0 Å². The van der Waals surface area contributed by atoms with Crippen LogP contribution in [0.1, 0.15) is 18.4 Å². The summed E-state index contributed by atoms with van der Waals surface area (Å²) in [6, 6.07) is 0. The van der Waals surface area contributed by atoms with E-state index in [-0.39, 0.29) is 5.91 Å². The van der Waals surface area contributed by atoms with Gasteiger partial charge in [-0.3, -0.25) is 9.89 Å². The fraction of sp³-hybridized carbons (Fsp3) is 0.600. The van der Waals surface area contributed by atoms with E-state index in [0.29, 0.717) is 32.6 Å². The van der Waals surface area contributed by atoms with Gasteiger partial charge in [-0.1, -0.05) is 0 Å². The van der Waals surface area contributed by atoms with Gasteiger partial charge in [0.1, 0.15) is 0 Å². The van der Waals surface area contributed by atoms with Crippen LogP contribution in [0.5, 0.6) is 0 Å². The zero-order valence-electron chi connectivity index (χ0n) is 9.03. The lowest BCUT2D eigenvalue weighted by Gasteiger charge is -2.31. The van der Waals surface area contributed by atoms with E-state index in [9.17, 15) is 4.79 Å². The van der Waals surface area contributed by atoms with E-state index in [1.165, 1.54) is 0 Å². The van der Waals surface area contributed by atoms with Gasteiger partial charge in [-0.2, -0.15) is 5.10 Å². The average Bonchev–Trinajstić information content (AvgIpc) is 2.79. The van der Waals surface area contributed by atoms with Gasteiger partial charge in [0, 0.05) is 31.5 Å². The Morgan fingerprint density at radius 2 is 2.38 bits per heavy atom. The maximum Gasteiger partial charge on any atom is 0.240 e. The number of ether oxygens (including phenoxy) is 1. The number of rotatable bonds is 3. The standard InChI is InChI=1S/C10H16N4O2/c11-10(1-3-16-4-2-10)9(15)12-5-8-6-13-14-7-8/h6-7H,1-5,11H2,(H,12,15)(H,13,14). The highest BCUT2D eigenvalue weighted by atomic mass is 16.5. The predicted molar refractivity (Wildman–Crippen MR) is 57.4 cm³/mol. The topological polar surface area (TPSA) is 93.0 Å². The molecule has 6 nitrogen and oxygen atoms in total. The second kappa shape index (κ2) is 4.63. The van der Waals surface area contributed by atoms with Crippen LogP contribution >= 0.6 is 0 Å². The van der Waals surface area contributed by atoms with Gasteiger partial charge in [0.2, 0.25) is 5.91 Å². The largest absolute Gasteiger partial charge is 0.381 e. The van der Waals surface area contributed by atoms with Crippen LogP contribution in [0, 0.1) is 0 Å². The smallest absolute Gasteiger partial charge is 0.240 e. The van der Waals surface area contributed by atoms with Gasteiger partial charge < -0.3 is 15.8 Å². The molecular formula is C10H16N4O2. The summed E-state index contributed by atoms with van der Waals surface area (Å²) in [5.41, 5.74) is 6.19. The molecule has 0 bridgehead atoms. The molecule has 2 heterocycles. The van der Waals surface area contributed by atoms with Crippen LogP contribution in [0.2, 0.25) is 0 Å². The number of nitrogens with zero attached hydrogens (tertiary/aromatic N) is 1. The Bertz CT molecular complexity index is 344. The average molecular weight is 224 g/mol. The molecular weight excluding hydrogens is 208 g/mol. The number of aromatic amines is 1. The zero-order valence-corrected chi connectivity index (χ0v) is 9.03. The summed E-state index contributed by atoms with van der Waals surface area (Å²) in [7, 11) is 0. The second-order valence-corrected chi connectivity index (χ2v) is 4.06. The number of carbonyl (C=O) groups is 1. The molecule has 1 aromatic heterocycles. The Labute approximate surface area is 93.5 Å². The first-order chi connectivity index (χ1) is 7.71. The number of hydrogen-bond donors (Lipinski definition) is 3. The molecule has 1 aliphatic heterocycles. The lowest BCUT2D eigenvalue weighted by Crippen LogP contribution is -2.56. The number of nitrogens with one attached hydrogen (secondary N) is 2. The third-order valence-corrected chi connectivity index (χ3v) is 2.85. The quantitative estimate of drug-likeness (QED) is 0.647. The molecule has 1 amide bonds. The van der Waals surface area contributed by atoms with Gasteiger partial charge in [-0.05, 0) is 12.8 Å². The van der Waals surface area contributed by atoms with E-state index in [2.05, 4.69) is 15.5 Å². The summed E-state index contributed by atoms with van der Waals surface area (Å²) < 4.78 is 5.19. The van der Waals surface area contributed by atoms with Gasteiger partial charge >= 0.3 is 0 Å². The molecule has 0 unspecified atom stereocenters. The number of aromatic nitrogens is 2. The summed E-state index contributed by atoms with van der Waals surface area (Å²) in [5, 5.41) is 9.31. The van der Waals surface area contributed by atoms with E-state index >= 15 is 0 Å². The maximum absolute atomic E-state index is 11.9. The molecule has 1 aromatic rings. The van der Waals surface area contributed by atoms with Crippen LogP contribution in [-0.2, 0) is 16.1 Å². The van der Waals surface area contributed by atoms with Crippen molar-refractivity contribution in [1.82, 2.24) is 15.5 Å². The van der Waals surface area contributed by atoms with Crippen molar-refractivity contribution in [2.75, 3.05) is 13.2 Å². The molecule has 1 saturated heterocycles. The first kappa shape index (κ1) is 11.1. The van der Waals surface area contributed by atoms with Crippen molar-refractivity contribution in [2.45, 2.75) is 24.9 Å². The number of H-pyrrole nitrogens is 1. The Morgan fingerprint density at radius 3 is 3.00 bits per heavy atom. The number of carbonyl (C=O) groups excluding carboxylic acids is 1. The summed E-state index contributed by atoms with van der Waals surface area (Å²) in [4.78, 5) is 11.9. The minimum atomic E-state index is -0.776. The highest BCUT2D eigenvalue weighted by Gasteiger charge is 2.35. The minimum Gasteiger partial charge on any atom is -0.381 e. The Kier molecular flexibility index (Phi) is 3.21. The van der Waals surface area contributed by atoms with Gasteiger partial charge in [-0.15, -0.1) is 0 Å². The third-order valence-electron chi connectivity index (χ3n) is 2.85. The van der Waals surface area contributed by atoms with Crippen molar-refractivity contribution in [2.24, 2.45) is 5.73 Å². The normalized spacial score (nSPS) is 19.3. The van der Waals surface area contributed by atoms with Gasteiger partial charge in [0.05, 0.1) is 11.7 Å². The molecule has 0 spiro atoms. The van der Waals surface area contributed by atoms with E-state index in [1.54, 1.807) is 12.4 Å². The zero-order chi connectivity index (χ0) is 11.4. The minimum absolute atomic E-state index is 0.114. The van der Waals surface area contributed by atoms with Crippen molar-refractivity contribution in [3.63, 3.8) is 0 Å². The van der Waals surface area contributed by atoms with Crippen molar-refractivity contribution >= 4 is 5.91 Å². The Balaban J connectivity index is 1.87. The second-order valence-electron chi connectivity index (χ2n) is 4.06. The molecule has 2 rings (SSSR count). The van der Waals surface area contributed by atoms with Crippen LogP contribution in [0.15, 0.2) is 12.4 Å². The maximum atomic E-state index is 11.9. The van der Waals surface area contributed by atoms with Gasteiger partial charge in [0.15, 0.2) is 0 Å². The van der Waals surface area contributed by atoms with E-state index < -0.39 is 5.54 Å². The fourth-order valence-corrected chi connectivity index (χ4v) is 1.70. The van der Waals surface area contributed by atoms with Crippen LogP contribution in [0.3, 0.4) is 0 Å². The molecule has 4 N–H and O–H groups in total. The van der Waals surface area contributed by atoms with Crippen molar-refractivity contribution < 1.29 is 9.53 Å². The first-order valence-corrected chi connectivity index (χ1v) is 5.33. The van der Waals surface area contributed by atoms with Gasteiger partial charge in [-0.25, -0.2) is 0 Å². The fourth-order valence-electron chi connectivity index (χ4n) is 1.70. The summed E-state index contributed by atoms with van der Waals surface area (Å²) in [6.45, 7) is 1.56. The van der Waals surface area contributed by atoms with Gasteiger partial charge in [0.25, 0.3) is 0 Å². The van der Waals surface area contributed by atoms with Crippen LogP contribution in [0.4, 0.5) is 0 Å². The van der Waals surface area contributed by atoms with Crippen molar-refractivity contribution in [3.8, 4) is 0 Å². The summed E-state index contributed by atoms with van der Waals surface area (Å²) in [5.74, 6) is -0.114. The molecule has 0 atom stereocenters. The molecule has 1 aliphatic rings. The Morgan fingerprint density at radius 1 is 1.62 bits per heavy atom. The highest BCUT2D eigenvalue weighted by Crippen LogP contribution is 2.17. The summed E-state index contributed by atoms with van der Waals surface area (Å²) >= 11 is 0.